The van der Waals surface area contributed by atoms with Gasteiger partial charge in [-0.15, -0.1) is 0 Å². The fraction of sp³-hybridized carbons (Fsp3) is 0.0714. The average molecular weight is 287 g/mol. The third-order valence-electron chi connectivity index (χ3n) is 2.91. The van der Waals surface area contributed by atoms with Crippen LogP contribution < -0.4 is 16.2 Å². The number of hydrogen-bond donors (Lipinski definition) is 2. The lowest BCUT2D eigenvalue weighted by Gasteiger charge is -2.08. The van der Waals surface area contributed by atoms with Crippen LogP contribution in [0, 0.1) is 17.0 Å². The van der Waals surface area contributed by atoms with E-state index in [0.29, 0.717) is 11.4 Å². The van der Waals surface area contributed by atoms with Crippen molar-refractivity contribution in [2.75, 3.05) is 5.73 Å². The lowest BCUT2D eigenvalue weighted by Crippen LogP contribution is -2.11. The van der Waals surface area contributed by atoms with Crippen molar-refractivity contribution in [3.8, 4) is 11.5 Å². The van der Waals surface area contributed by atoms with Crippen molar-refractivity contribution < 1.29 is 14.5 Å². The quantitative estimate of drug-likeness (QED) is 0.508. The van der Waals surface area contributed by atoms with Crippen LogP contribution in [0.5, 0.6) is 11.5 Å². The van der Waals surface area contributed by atoms with Crippen molar-refractivity contribution in [3.05, 3.63) is 57.6 Å². The number of nitrogen functional groups attached to an aromatic ring is 1. The first-order valence-electron chi connectivity index (χ1n) is 6.00. The molecule has 0 heterocycles. The number of carbonyl (C=O) groups is 1. The van der Waals surface area contributed by atoms with Gasteiger partial charge in [-0.25, -0.2) is 0 Å². The monoisotopic (exact) mass is 287 g/mol. The number of primary amides is 1. The zero-order valence-electron chi connectivity index (χ0n) is 11.2. The molecule has 2 rings (SSSR count). The first kappa shape index (κ1) is 14.3. The highest BCUT2D eigenvalue weighted by Gasteiger charge is 2.18. The second-order valence-electron chi connectivity index (χ2n) is 4.42. The lowest BCUT2D eigenvalue weighted by molar-refractivity contribution is -0.385. The van der Waals surface area contributed by atoms with E-state index in [1.165, 1.54) is 12.1 Å². The Labute approximate surface area is 120 Å². The predicted molar refractivity (Wildman–Crippen MR) is 77.3 cm³/mol. The average Bonchev–Trinajstić information content (AvgIpc) is 2.43. The maximum Gasteiger partial charge on any atom is 0.312 e. The zero-order chi connectivity index (χ0) is 15.6. The normalized spacial score (nSPS) is 10.1. The molecule has 0 unspecified atom stereocenters. The Bertz CT molecular complexity index is 728. The molecule has 4 N–H and O–H groups in total. The summed E-state index contributed by atoms with van der Waals surface area (Å²) in [6.07, 6.45) is 0. The first-order chi connectivity index (χ1) is 9.88. The van der Waals surface area contributed by atoms with Crippen molar-refractivity contribution in [2.45, 2.75) is 6.92 Å². The molecule has 0 saturated carbocycles. The summed E-state index contributed by atoms with van der Waals surface area (Å²) in [5, 5.41) is 11.1. The molecular weight excluding hydrogens is 274 g/mol. The Balaban J connectivity index is 2.41. The van der Waals surface area contributed by atoms with Crippen LogP contribution in [0.3, 0.4) is 0 Å². The molecule has 0 saturated heterocycles. The second kappa shape index (κ2) is 5.49. The molecule has 0 radical (unpaired) electrons. The van der Waals surface area contributed by atoms with Crippen LogP contribution in [-0.4, -0.2) is 10.8 Å². The molecule has 2 aromatic rings. The van der Waals surface area contributed by atoms with Gasteiger partial charge >= 0.3 is 5.69 Å². The highest BCUT2D eigenvalue weighted by atomic mass is 16.6. The van der Waals surface area contributed by atoms with Gasteiger partial charge in [0.1, 0.15) is 5.75 Å². The van der Waals surface area contributed by atoms with Crippen LogP contribution in [-0.2, 0) is 0 Å². The van der Waals surface area contributed by atoms with Gasteiger partial charge in [-0.3, -0.25) is 14.9 Å². The molecule has 108 valence electrons. The Morgan fingerprint density at radius 2 is 1.95 bits per heavy atom. The third kappa shape index (κ3) is 3.08. The molecule has 0 aliphatic heterocycles. The highest BCUT2D eigenvalue weighted by molar-refractivity contribution is 5.93. The number of nitrogens with zero attached hydrogens (tertiary/aromatic N) is 1. The smallest absolute Gasteiger partial charge is 0.312 e. The van der Waals surface area contributed by atoms with Gasteiger partial charge in [0, 0.05) is 17.3 Å². The van der Waals surface area contributed by atoms with Gasteiger partial charge in [0.25, 0.3) is 0 Å². The van der Waals surface area contributed by atoms with Crippen LogP contribution >= 0.6 is 0 Å². The first-order valence-corrected chi connectivity index (χ1v) is 6.00. The molecule has 7 heteroatoms. The number of nitro groups is 1. The van der Waals surface area contributed by atoms with E-state index >= 15 is 0 Å². The summed E-state index contributed by atoms with van der Waals surface area (Å²) in [5.41, 5.74) is 11.9. The molecular formula is C14H13N3O4. The SMILES string of the molecule is Cc1cc(Oc2ccc(C(N)=O)cc2[N+](=O)[O-])ccc1N. The molecule has 0 bridgehead atoms. The van der Waals surface area contributed by atoms with Gasteiger partial charge < -0.3 is 16.2 Å². The Kier molecular flexibility index (Phi) is 3.75. The number of amides is 1. The van der Waals surface area contributed by atoms with Gasteiger partial charge in [-0.1, -0.05) is 0 Å². The molecule has 0 atom stereocenters. The summed E-state index contributed by atoms with van der Waals surface area (Å²) in [6, 6.07) is 8.71. The van der Waals surface area contributed by atoms with Crippen LogP contribution in [0.2, 0.25) is 0 Å². The predicted octanol–water partition coefficient (Wildman–Crippen LogP) is 2.38. The van der Waals surface area contributed by atoms with Crippen LogP contribution in [0.1, 0.15) is 15.9 Å². The minimum Gasteiger partial charge on any atom is -0.450 e. The molecule has 0 aliphatic carbocycles. The number of carbonyl (C=O) groups excluding carboxylic acids is 1. The van der Waals surface area contributed by atoms with Crippen molar-refractivity contribution in [3.63, 3.8) is 0 Å². The van der Waals surface area contributed by atoms with Crippen molar-refractivity contribution >= 4 is 17.3 Å². The maximum atomic E-state index is 11.1. The number of nitro benzene ring substituents is 1. The topological polar surface area (TPSA) is 121 Å². The summed E-state index contributed by atoms with van der Waals surface area (Å²) < 4.78 is 5.49. The molecule has 21 heavy (non-hydrogen) atoms. The number of benzene rings is 2. The van der Waals surface area contributed by atoms with Gasteiger partial charge in [0.2, 0.25) is 11.7 Å². The molecule has 0 aromatic heterocycles. The summed E-state index contributed by atoms with van der Waals surface area (Å²) in [5.74, 6) is -0.307. The van der Waals surface area contributed by atoms with Crippen LogP contribution in [0.4, 0.5) is 11.4 Å². The van der Waals surface area contributed by atoms with E-state index in [-0.39, 0.29) is 17.0 Å². The standard InChI is InChI=1S/C14H13N3O4/c1-8-6-10(3-4-11(8)15)21-13-5-2-9(14(16)18)7-12(13)17(19)20/h2-7H,15H2,1H3,(H2,16,18). The number of anilines is 1. The lowest BCUT2D eigenvalue weighted by atomic mass is 10.1. The maximum absolute atomic E-state index is 11.1. The van der Waals surface area contributed by atoms with E-state index in [1.54, 1.807) is 25.1 Å². The number of aryl methyl sites for hydroxylation is 1. The van der Waals surface area contributed by atoms with Crippen molar-refractivity contribution in [2.24, 2.45) is 5.73 Å². The molecule has 0 aliphatic rings. The Morgan fingerprint density at radius 1 is 1.24 bits per heavy atom. The van der Waals surface area contributed by atoms with E-state index in [0.717, 1.165) is 11.6 Å². The zero-order valence-corrected chi connectivity index (χ0v) is 11.2. The molecule has 0 fully saturated rings. The number of rotatable bonds is 4. The molecule has 7 nitrogen and oxygen atoms in total. The summed E-state index contributed by atoms with van der Waals surface area (Å²) in [6.45, 7) is 1.80. The molecule has 0 spiro atoms. The van der Waals surface area contributed by atoms with E-state index < -0.39 is 10.8 Å². The third-order valence-corrected chi connectivity index (χ3v) is 2.91. The summed E-state index contributed by atoms with van der Waals surface area (Å²) >= 11 is 0. The van der Waals surface area contributed by atoms with Gasteiger partial charge in [0.15, 0.2) is 0 Å². The second-order valence-corrected chi connectivity index (χ2v) is 4.42. The fourth-order valence-electron chi connectivity index (χ4n) is 1.74. The minimum absolute atomic E-state index is 0.0224. The number of ether oxygens (including phenoxy) is 1. The summed E-state index contributed by atoms with van der Waals surface area (Å²) in [7, 11) is 0. The van der Waals surface area contributed by atoms with E-state index in [1.807, 2.05) is 0 Å². The van der Waals surface area contributed by atoms with E-state index in [9.17, 15) is 14.9 Å². The Hall–Kier alpha value is -3.09. The highest BCUT2D eigenvalue weighted by Crippen LogP contribution is 2.33. The van der Waals surface area contributed by atoms with Crippen molar-refractivity contribution in [1.82, 2.24) is 0 Å². The summed E-state index contributed by atoms with van der Waals surface area (Å²) in [4.78, 5) is 21.5. The number of nitrogens with two attached hydrogens (primary N) is 2. The molecule has 2 aromatic carbocycles. The fourth-order valence-corrected chi connectivity index (χ4v) is 1.74. The largest absolute Gasteiger partial charge is 0.450 e. The van der Waals surface area contributed by atoms with Crippen LogP contribution in [0.15, 0.2) is 36.4 Å². The van der Waals surface area contributed by atoms with Crippen molar-refractivity contribution in [1.29, 1.82) is 0 Å². The molecule has 1 amide bonds. The Morgan fingerprint density at radius 3 is 2.52 bits per heavy atom. The minimum atomic E-state index is -0.743. The van der Waals surface area contributed by atoms with Gasteiger partial charge in [-0.2, -0.15) is 0 Å². The van der Waals surface area contributed by atoms with E-state index in [2.05, 4.69) is 0 Å². The van der Waals surface area contributed by atoms with Crippen LogP contribution in [0.25, 0.3) is 0 Å². The number of hydrogen-bond acceptors (Lipinski definition) is 5. The van der Waals surface area contributed by atoms with E-state index in [4.69, 9.17) is 16.2 Å². The van der Waals surface area contributed by atoms with Gasteiger partial charge in [0.05, 0.1) is 4.92 Å². The van der Waals surface area contributed by atoms with Gasteiger partial charge in [-0.05, 0) is 42.8 Å².